The summed E-state index contributed by atoms with van der Waals surface area (Å²) in [4.78, 5) is 28.9. The Morgan fingerprint density at radius 2 is 1.71 bits per heavy atom. The van der Waals surface area contributed by atoms with E-state index in [1.165, 1.54) is 12.1 Å². The normalized spacial score (nSPS) is 17.0. The van der Waals surface area contributed by atoms with Crippen molar-refractivity contribution in [3.05, 3.63) is 66.0 Å². The van der Waals surface area contributed by atoms with Crippen LogP contribution >= 0.6 is 0 Å². The molecule has 1 fully saturated rings. The molecule has 2 amide bonds. The average molecular weight is 384 g/mol. The Kier molecular flexibility index (Phi) is 6.38. The van der Waals surface area contributed by atoms with Crippen molar-refractivity contribution in [1.82, 2.24) is 9.80 Å². The van der Waals surface area contributed by atoms with E-state index in [1.54, 1.807) is 17.0 Å². The number of hydrogen-bond acceptors (Lipinski definition) is 4. The fraction of sp³-hybridized carbons (Fsp3) is 0.333. The third-order valence-electron chi connectivity index (χ3n) is 5.07. The van der Waals surface area contributed by atoms with E-state index in [-0.39, 0.29) is 17.9 Å². The highest BCUT2D eigenvalue weighted by molar-refractivity contribution is 5.94. The van der Waals surface area contributed by atoms with Gasteiger partial charge in [0.25, 0.3) is 0 Å². The number of halogens is 1. The Labute approximate surface area is 164 Å². The molecule has 1 heterocycles. The molecule has 0 aliphatic carbocycles. The van der Waals surface area contributed by atoms with Gasteiger partial charge in [-0.1, -0.05) is 36.4 Å². The van der Waals surface area contributed by atoms with Crippen molar-refractivity contribution < 1.29 is 14.0 Å². The highest BCUT2D eigenvalue weighted by Gasteiger charge is 2.29. The van der Waals surface area contributed by atoms with Crippen LogP contribution in [-0.2, 0) is 9.59 Å². The molecule has 2 atom stereocenters. The van der Waals surface area contributed by atoms with Crippen LogP contribution in [0.25, 0.3) is 0 Å². The van der Waals surface area contributed by atoms with E-state index >= 15 is 0 Å². The predicted octanol–water partition coefficient (Wildman–Crippen LogP) is 2.00. The zero-order valence-corrected chi connectivity index (χ0v) is 15.8. The Morgan fingerprint density at radius 3 is 2.36 bits per heavy atom. The Hall–Kier alpha value is -2.77. The molecule has 3 N–H and O–H groups in total. The molecule has 1 saturated heterocycles. The second-order valence-electron chi connectivity index (χ2n) is 6.93. The van der Waals surface area contributed by atoms with Crippen LogP contribution in [0.5, 0.6) is 0 Å². The second kappa shape index (κ2) is 8.95. The van der Waals surface area contributed by atoms with E-state index in [2.05, 4.69) is 5.32 Å². The highest BCUT2D eigenvalue weighted by atomic mass is 19.1. The van der Waals surface area contributed by atoms with Crippen LogP contribution < -0.4 is 11.1 Å². The molecule has 2 aromatic carbocycles. The minimum Gasteiger partial charge on any atom is -0.338 e. The topological polar surface area (TPSA) is 78.7 Å². The van der Waals surface area contributed by atoms with E-state index < -0.39 is 11.9 Å². The molecule has 0 radical (unpaired) electrons. The lowest BCUT2D eigenvalue weighted by Gasteiger charge is -2.38. The summed E-state index contributed by atoms with van der Waals surface area (Å²) in [6.45, 7) is 3.98. The predicted molar refractivity (Wildman–Crippen MR) is 106 cm³/mol. The molecule has 7 heteroatoms. The molecule has 0 saturated carbocycles. The number of amides is 2. The van der Waals surface area contributed by atoms with Gasteiger partial charge in [-0.15, -0.1) is 0 Å². The number of carbonyl (C=O) groups is 2. The maximum atomic E-state index is 13.3. The summed E-state index contributed by atoms with van der Waals surface area (Å²) in [5.74, 6) is -0.707. The summed E-state index contributed by atoms with van der Waals surface area (Å²) in [5.41, 5.74) is 7.33. The van der Waals surface area contributed by atoms with Crippen LogP contribution in [0.15, 0.2) is 54.6 Å². The number of rotatable bonds is 5. The zero-order chi connectivity index (χ0) is 20.1. The number of nitrogens with one attached hydrogen (secondary N) is 1. The maximum Gasteiger partial charge on any atom is 0.244 e. The number of hydrogen-bond donors (Lipinski definition) is 2. The molecule has 0 spiro atoms. The van der Waals surface area contributed by atoms with Gasteiger partial charge in [0.2, 0.25) is 11.8 Å². The van der Waals surface area contributed by atoms with E-state index in [1.807, 2.05) is 42.2 Å². The lowest BCUT2D eigenvalue weighted by molar-refractivity contribution is -0.135. The van der Waals surface area contributed by atoms with Gasteiger partial charge < -0.3 is 16.0 Å². The third-order valence-corrected chi connectivity index (χ3v) is 5.07. The molecular weight excluding hydrogens is 359 g/mol. The smallest absolute Gasteiger partial charge is 0.244 e. The minimum absolute atomic E-state index is 0.109. The van der Waals surface area contributed by atoms with Crippen LogP contribution in [0.3, 0.4) is 0 Å². The molecule has 2 aromatic rings. The van der Waals surface area contributed by atoms with Crippen molar-refractivity contribution in [3.63, 3.8) is 0 Å². The molecular formula is C21H25FN4O2. The number of piperazine rings is 1. The van der Waals surface area contributed by atoms with Crippen molar-refractivity contribution >= 4 is 17.5 Å². The first-order chi connectivity index (χ1) is 13.5. The largest absolute Gasteiger partial charge is 0.338 e. The monoisotopic (exact) mass is 384 g/mol. The van der Waals surface area contributed by atoms with Crippen LogP contribution in [0.2, 0.25) is 0 Å². The van der Waals surface area contributed by atoms with Crippen molar-refractivity contribution in [3.8, 4) is 0 Å². The van der Waals surface area contributed by atoms with Crippen molar-refractivity contribution in [1.29, 1.82) is 0 Å². The molecule has 0 bridgehead atoms. The molecule has 0 aromatic heterocycles. The summed E-state index contributed by atoms with van der Waals surface area (Å²) in [7, 11) is 0. The summed E-state index contributed by atoms with van der Waals surface area (Å²) in [5, 5.41) is 2.73. The van der Waals surface area contributed by atoms with Crippen LogP contribution in [0.1, 0.15) is 18.5 Å². The highest BCUT2D eigenvalue weighted by Crippen LogP contribution is 2.16. The SMILES string of the molecule is CC(C(=O)Nc1cccc(F)c1)N1CCN(C(=O)C(N)c2ccccc2)CC1. The number of nitrogens with zero attached hydrogens (tertiary/aromatic N) is 2. The average Bonchev–Trinajstić information content (AvgIpc) is 2.73. The quantitative estimate of drug-likeness (QED) is 0.827. The first kappa shape index (κ1) is 20.0. The molecule has 6 nitrogen and oxygen atoms in total. The van der Waals surface area contributed by atoms with E-state index in [4.69, 9.17) is 5.73 Å². The number of carbonyl (C=O) groups excluding carboxylic acids is 2. The summed E-state index contributed by atoms with van der Waals surface area (Å²) in [6, 6.07) is 14.0. The summed E-state index contributed by atoms with van der Waals surface area (Å²) >= 11 is 0. The first-order valence-electron chi connectivity index (χ1n) is 9.35. The van der Waals surface area contributed by atoms with Gasteiger partial charge in [0, 0.05) is 31.9 Å². The summed E-state index contributed by atoms with van der Waals surface area (Å²) in [6.07, 6.45) is 0. The number of anilines is 1. The fourth-order valence-electron chi connectivity index (χ4n) is 3.31. The van der Waals surface area contributed by atoms with E-state index in [0.717, 1.165) is 5.56 Å². The Morgan fingerprint density at radius 1 is 1.04 bits per heavy atom. The van der Waals surface area contributed by atoms with Gasteiger partial charge in [0.15, 0.2) is 0 Å². The van der Waals surface area contributed by atoms with Crippen LogP contribution in [-0.4, -0.2) is 53.8 Å². The van der Waals surface area contributed by atoms with Crippen molar-refractivity contribution in [2.45, 2.75) is 19.0 Å². The van der Waals surface area contributed by atoms with Gasteiger partial charge in [-0.05, 0) is 30.7 Å². The standard InChI is InChI=1S/C21H25FN4O2/c1-15(20(27)24-18-9-5-8-17(22)14-18)25-10-12-26(13-11-25)21(28)19(23)16-6-3-2-4-7-16/h2-9,14-15,19H,10-13,23H2,1H3,(H,24,27). The molecule has 1 aliphatic rings. The molecule has 2 unspecified atom stereocenters. The Bertz CT molecular complexity index is 822. The maximum absolute atomic E-state index is 13.3. The number of nitrogens with two attached hydrogens (primary N) is 1. The lowest BCUT2D eigenvalue weighted by Crippen LogP contribution is -2.55. The van der Waals surface area contributed by atoms with Crippen molar-refractivity contribution in [2.75, 3.05) is 31.5 Å². The van der Waals surface area contributed by atoms with E-state index in [9.17, 15) is 14.0 Å². The number of benzene rings is 2. The Balaban J connectivity index is 1.52. The third kappa shape index (κ3) is 4.74. The zero-order valence-electron chi connectivity index (χ0n) is 15.8. The molecule has 28 heavy (non-hydrogen) atoms. The van der Waals surface area contributed by atoms with Crippen LogP contribution in [0.4, 0.5) is 10.1 Å². The van der Waals surface area contributed by atoms with Crippen molar-refractivity contribution in [2.24, 2.45) is 5.73 Å². The van der Waals surface area contributed by atoms with Gasteiger partial charge in [0.1, 0.15) is 11.9 Å². The molecule has 148 valence electrons. The van der Waals surface area contributed by atoms with Gasteiger partial charge >= 0.3 is 0 Å². The lowest BCUT2D eigenvalue weighted by atomic mass is 10.1. The van der Waals surface area contributed by atoms with Gasteiger partial charge in [-0.25, -0.2) is 4.39 Å². The fourth-order valence-corrected chi connectivity index (χ4v) is 3.31. The minimum atomic E-state index is -0.679. The molecule has 1 aliphatic heterocycles. The second-order valence-corrected chi connectivity index (χ2v) is 6.93. The van der Waals surface area contributed by atoms with E-state index in [0.29, 0.717) is 31.9 Å². The first-order valence-corrected chi connectivity index (χ1v) is 9.35. The van der Waals surface area contributed by atoms with Crippen LogP contribution in [0, 0.1) is 5.82 Å². The summed E-state index contributed by atoms with van der Waals surface area (Å²) < 4.78 is 13.3. The van der Waals surface area contributed by atoms with Gasteiger partial charge in [0.05, 0.1) is 6.04 Å². The molecule has 3 rings (SSSR count). The van der Waals surface area contributed by atoms with Gasteiger partial charge in [-0.2, -0.15) is 0 Å². The van der Waals surface area contributed by atoms with Gasteiger partial charge in [-0.3, -0.25) is 14.5 Å².